The van der Waals surface area contributed by atoms with Gasteiger partial charge in [-0.05, 0) is 53.6 Å². The molecule has 0 unspecified atom stereocenters. The number of aliphatic hydroxyl groups is 1. The molecular formula is C17H18O2. The third kappa shape index (κ3) is 2.36. The van der Waals surface area contributed by atoms with Crippen molar-refractivity contribution in [2.24, 2.45) is 0 Å². The summed E-state index contributed by atoms with van der Waals surface area (Å²) in [7, 11) is 1.68. The number of benzene rings is 2. The van der Waals surface area contributed by atoms with E-state index in [0.717, 1.165) is 36.1 Å². The summed E-state index contributed by atoms with van der Waals surface area (Å²) in [4.78, 5) is 0. The molecule has 0 bridgehead atoms. The van der Waals surface area contributed by atoms with Crippen LogP contribution in [0.5, 0.6) is 5.75 Å². The van der Waals surface area contributed by atoms with Crippen LogP contribution in [0, 0.1) is 0 Å². The Morgan fingerprint density at radius 2 is 1.95 bits per heavy atom. The summed E-state index contributed by atoms with van der Waals surface area (Å²) >= 11 is 0. The summed E-state index contributed by atoms with van der Waals surface area (Å²) in [6, 6.07) is 14.4. The Morgan fingerprint density at radius 3 is 2.79 bits per heavy atom. The Hall–Kier alpha value is -1.80. The molecule has 0 aliphatic heterocycles. The van der Waals surface area contributed by atoms with Crippen LogP contribution in [0.3, 0.4) is 0 Å². The van der Waals surface area contributed by atoms with Gasteiger partial charge < -0.3 is 9.84 Å². The molecule has 2 heteroatoms. The lowest BCUT2D eigenvalue weighted by atomic mass is 9.87. The van der Waals surface area contributed by atoms with Crippen molar-refractivity contribution in [3.63, 3.8) is 0 Å². The fourth-order valence-electron chi connectivity index (χ4n) is 2.77. The Bertz CT molecular complexity index is 590. The zero-order chi connectivity index (χ0) is 13.2. The number of methoxy groups -OCH3 is 1. The third-order valence-corrected chi connectivity index (χ3v) is 3.83. The molecule has 0 saturated carbocycles. The normalized spacial score (nSPS) is 17.9. The summed E-state index contributed by atoms with van der Waals surface area (Å²) in [6.45, 7) is 0. The van der Waals surface area contributed by atoms with Gasteiger partial charge in [0.15, 0.2) is 0 Å². The summed E-state index contributed by atoms with van der Waals surface area (Å²) in [5.74, 6) is 0.871. The largest absolute Gasteiger partial charge is 0.497 e. The first-order valence-electron chi connectivity index (χ1n) is 6.73. The summed E-state index contributed by atoms with van der Waals surface area (Å²) < 4.78 is 5.27. The van der Waals surface area contributed by atoms with E-state index in [4.69, 9.17) is 4.74 Å². The summed E-state index contributed by atoms with van der Waals surface area (Å²) in [5, 5.41) is 9.98. The van der Waals surface area contributed by atoms with Crippen LogP contribution in [0.25, 0.3) is 11.1 Å². The second kappa shape index (κ2) is 5.06. The van der Waals surface area contributed by atoms with Crippen molar-refractivity contribution in [3.05, 3.63) is 53.6 Å². The fraction of sp³-hybridized carbons (Fsp3) is 0.294. The molecule has 0 heterocycles. The van der Waals surface area contributed by atoms with Gasteiger partial charge in [-0.1, -0.05) is 30.3 Å². The fourth-order valence-corrected chi connectivity index (χ4v) is 2.77. The minimum Gasteiger partial charge on any atom is -0.497 e. The first-order valence-corrected chi connectivity index (χ1v) is 6.73. The van der Waals surface area contributed by atoms with E-state index < -0.39 is 0 Å². The second-order valence-corrected chi connectivity index (χ2v) is 5.05. The van der Waals surface area contributed by atoms with Crippen molar-refractivity contribution in [1.82, 2.24) is 0 Å². The van der Waals surface area contributed by atoms with E-state index in [2.05, 4.69) is 24.3 Å². The predicted octanol–water partition coefficient (Wildman–Crippen LogP) is 3.73. The van der Waals surface area contributed by atoms with Crippen LogP contribution < -0.4 is 4.74 Å². The van der Waals surface area contributed by atoms with E-state index in [1.807, 2.05) is 18.2 Å². The van der Waals surface area contributed by atoms with E-state index in [1.54, 1.807) is 7.11 Å². The van der Waals surface area contributed by atoms with Crippen molar-refractivity contribution in [3.8, 4) is 16.9 Å². The minimum absolute atomic E-state index is 0.289. The molecule has 2 aromatic rings. The number of fused-ring (bicyclic) bond motifs is 1. The van der Waals surface area contributed by atoms with Crippen LogP contribution in [-0.2, 0) is 6.42 Å². The van der Waals surface area contributed by atoms with Gasteiger partial charge in [0.25, 0.3) is 0 Å². The van der Waals surface area contributed by atoms with E-state index >= 15 is 0 Å². The molecule has 0 aromatic heterocycles. The highest BCUT2D eigenvalue weighted by Crippen LogP contribution is 2.33. The van der Waals surface area contributed by atoms with Crippen molar-refractivity contribution < 1.29 is 9.84 Å². The standard InChI is InChI=1S/C17H18O2/c1-19-15-6-2-4-12(11-15)13-8-9-16-14(10-13)5-3-7-17(16)18/h2,4,6,8-11,17-18H,3,5,7H2,1H3/t17-/m1/s1. The van der Waals surface area contributed by atoms with Gasteiger partial charge >= 0.3 is 0 Å². The number of hydrogen-bond donors (Lipinski definition) is 1. The molecule has 1 N–H and O–H groups in total. The monoisotopic (exact) mass is 254 g/mol. The molecule has 0 radical (unpaired) electrons. The van der Waals surface area contributed by atoms with Gasteiger partial charge in [0.2, 0.25) is 0 Å². The zero-order valence-electron chi connectivity index (χ0n) is 11.1. The van der Waals surface area contributed by atoms with Gasteiger partial charge in [0.1, 0.15) is 5.75 Å². The minimum atomic E-state index is -0.289. The van der Waals surface area contributed by atoms with Gasteiger partial charge in [0, 0.05) is 0 Å². The number of hydrogen-bond acceptors (Lipinski definition) is 2. The first-order chi connectivity index (χ1) is 9.28. The maximum atomic E-state index is 9.98. The average Bonchev–Trinajstić information content (AvgIpc) is 2.47. The quantitative estimate of drug-likeness (QED) is 0.884. The summed E-state index contributed by atoms with van der Waals surface area (Å²) in [5.41, 5.74) is 4.71. The Labute approximate surface area is 113 Å². The van der Waals surface area contributed by atoms with Gasteiger partial charge in [-0.15, -0.1) is 0 Å². The Morgan fingerprint density at radius 1 is 1.11 bits per heavy atom. The number of aliphatic hydroxyl groups excluding tert-OH is 1. The predicted molar refractivity (Wildman–Crippen MR) is 76.3 cm³/mol. The van der Waals surface area contributed by atoms with Gasteiger partial charge in [-0.25, -0.2) is 0 Å². The molecule has 3 rings (SSSR count). The van der Waals surface area contributed by atoms with Crippen molar-refractivity contribution in [1.29, 1.82) is 0 Å². The van der Waals surface area contributed by atoms with E-state index in [9.17, 15) is 5.11 Å². The van der Waals surface area contributed by atoms with E-state index in [0.29, 0.717) is 0 Å². The van der Waals surface area contributed by atoms with Crippen LogP contribution in [-0.4, -0.2) is 12.2 Å². The molecular weight excluding hydrogens is 236 g/mol. The van der Waals surface area contributed by atoms with Crippen LogP contribution in [0.4, 0.5) is 0 Å². The van der Waals surface area contributed by atoms with Gasteiger partial charge in [-0.3, -0.25) is 0 Å². The Balaban J connectivity index is 2.01. The molecule has 0 saturated heterocycles. The molecule has 19 heavy (non-hydrogen) atoms. The number of aryl methyl sites for hydroxylation is 1. The van der Waals surface area contributed by atoms with Crippen molar-refractivity contribution in [2.45, 2.75) is 25.4 Å². The van der Waals surface area contributed by atoms with Crippen LogP contribution >= 0.6 is 0 Å². The SMILES string of the molecule is COc1cccc(-c2ccc3c(c2)CCC[C@H]3O)c1. The highest BCUT2D eigenvalue weighted by molar-refractivity contribution is 5.66. The average molecular weight is 254 g/mol. The molecule has 1 aliphatic carbocycles. The zero-order valence-corrected chi connectivity index (χ0v) is 11.1. The highest BCUT2D eigenvalue weighted by Gasteiger charge is 2.18. The highest BCUT2D eigenvalue weighted by atomic mass is 16.5. The van der Waals surface area contributed by atoms with E-state index in [1.165, 1.54) is 11.1 Å². The lowest BCUT2D eigenvalue weighted by molar-refractivity contribution is 0.156. The van der Waals surface area contributed by atoms with Gasteiger partial charge in [0.05, 0.1) is 13.2 Å². The van der Waals surface area contributed by atoms with Crippen molar-refractivity contribution in [2.75, 3.05) is 7.11 Å². The summed E-state index contributed by atoms with van der Waals surface area (Å²) in [6.07, 6.45) is 2.72. The van der Waals surface area contributed by atoms with Crippen LogP contribution in [0.1, 0.15) is 30.1 Å². The lowest BCUT2D eigenvalue weighted by Gasteiger charge is -2.22. The molecule has 2 nitrogen and oxygen atoms in total. The maximum absolute atomic E-state index is 9.98. The molecule has 98 valence electrons. The van der Waals surface area contributed by atoms with Crippen LogP contribution in [0.15, 0.2) is 42.5 Å². The third-order valence-electron chi connectivity index (χ3n) is 3.83. The second-order valence-electron chi connectivity index (χ2n) is 5.05. The van der Waals surface area contributed by atoms with Crippen molar-refractivity contribution >= 4 is 0 Å². The molecule has 1 atom stereocenters. The Kier molecular flexibility index (Phi) is 3.26. The molecule has 0 amide bonds. The molecule has 2 aromatic carbocycles. The smallest absolute Gasteiger partial charge is 0.119 e. The number of ether oxygens (including phenoxy) is 1. The van der Waals surface area contributed by atoms with Gasteiger partial charge in [-0.2, -0.15) is 0 Å². The maximum Gasteiger partial charge on any atom is 0.119 e. The molecule has 0 spiro atoms. The topological polar surface area (TPSA) is 29.5 Å². The molecule has 1 aliphatic rings. The first kappa shape index (κ1) is 12.2. The van der Waals surface area contributed by atoms with E-state index in [-0.39, 0.29) is 6.10 Å². The lowest BCUT2D eigenvalue weighted by Crippen LogP contribution is -2.08. The van der Waals surface area contributed by atoms with Crippen LogP contribution in [0.2, 0.25) is 0 Å². The molecule has 0 fully saturated rings. The number of rotatable bonds is 2.